The summed E-state index contributed by atoms with van der Waals surface area (Å²) in [5.41, 5.74) is -0.730. The van der Waals surface area contributed by atoms with E-state index in [1.165, 1.54) is 18.2 Å². The van der Waals surface area contributed by atoms with Gasteiger partial charge in [0.2, 0.25) is 17.8 Å². The Labute approximate surface area is 207 Å². The van der Waals surface area contributed by atoms with Gasteiger partial charge in [0.25, 0.3) is 0 Å². The summed E-state index contributed by atoms with van der Waals surface area (Å²) < 4.78 is 24.9. The Hall–Kier alpha value is -4.71. The Morgan fingerprint density at radius 1 is 1.00 bits per heavy atom. The number of hydrogen-bond donors (Lipinski definition) is 2. The third-order valence-corrected chi connectivity index (χ3v) is 5.00. The molecule has 0 unspecified atom stereocenters. The number of aromatic nitrogens is 4. The lowest BCUT2D eigenvalue weighted by Gasteiger charge is -2.15. The first-order valence-electron chi connectivity index (χ1n) is 10.3. The lowest BCUT2D eigenvalue weighted by atomic mass is 10.2. The van der Waals surface area contributed by atoms with E-state index in [0.717, 1.165) is 4.57 Å². The number of nitrogens with one attached hydrogen (secondary N) is 1. The first-order valence-corrected chi connectivity index (χ1v) is 10.7. The van der Waals surface area contributed by atoms with Crippen molar-refractivity contribution >= 4 is 29.4 Å². The minimum atomic E-state index is -1.65. The Morgan fingerprint density at radius 3 is 2.39 bits per heavy atom. The molecular formula is C23H17ClFN5O6. The molecule has 0 radical (unpaired) electrons. The number of carbonyl (C=O) groups is 1. The van der Waals surface area contributed by atoms with Gasteiger partial charge >= 0.3 is 17.5 Å². The topological polar surface area (TPSA) is 138 Å². The molecule has 2 N–H and O–H groups in total. The smallest absolute Gasteiger partial charge is 0.450 e. The summed E-state index contributed by atoms with van der Waals surface area (Å²) >= 11 is 5.93. The minimum absolute atomic E-state index is 0.00881. The van der Waals surface area contributed by atoms with E-state index < -0.39 is 30.2 Å². The minimum Gasteiger partial charge on any atom is -0.450 e. The second-order valence-corrected chi connectivity index (χ2v) is 7.67. The van der Waals surface area contributed by atoms with Crippen LogP contribution in [0.1, 0.15) is 5.56 Å². The average Bonchev–Trinajstić information content (AvgIpc) is 2.83. The van der Waals surface area contributed by atoms with Crippen LogP contribution in [0.4, 0.5) is 20.8 Å². The highest BCUT2D eigenvalue weighted by Gasteiger charge is 2.15. The van der Waals surface area contributed by atoms with Gasteiger partial charge in [-0.2, -0.15) is 14.4 Å². The first-order chi connectivity index (χ1) is 17.3. The van der Waals surface area contributed by atoms with Crippen LogP contribution in [0.25, 0.3) is 0 Å². The molecule has 36 heavy (non-hydrogen) atoms. The van der Waals surface area contributed by atoms with Crippen LogP contribution in [0, 0.1) is 5.95 Å². The third-order valence-electron chi connectivity index (χ3n) is 4.74. The summed E-state index contributed by atoms with van der Waals surface area (Å²) in [4.78, 5) is 43.8. The van der Waals surface area contributed by atoms with Crippen LogP contribution in [-0.2, 0) is 18.0 Å². The molecule has 0 atom stereocenters. The van der Waals surface area contributed by atoms with Gasteiger partial charge in [0.05, 0.1) is 6.54 Å². The molecule has 0 fully saturated rings. The first kappa shape index (κ1) is 24.4. The maximum atomic E-state index is 13.3. The van der Waals surface area contributed by atoms with Crippen LogP contribution in [0.5, 0.6) is 11.6 Å². The number of hydrogen-bond acceptors (Lipinski definition) is 8. The molecule has 0 aliphatic heterocycles. The Kier molecular flexibility index (Phi) is 7.25. The molecule has 0 amide bonds. The summed E-state index contributed by atoms with van der Waals surface area (Å²) in [6, 6.07) is 17.1. The van der Waals surface area contributed by atoms with Crippen molar-refractivity contribution in [2.45, 2.75) is 13.3 Å². The average molecular weight is 514 g/mol. The predicted octanol–water partition coefficient (Wildman–Crippen LogP) is 3.83. The van der Waals surface area contributed by atoms with Gasteiger partial charge in [-0.15, -0.1) is 0 Å². The fraction of sp³-hybridized carbons (Fsp3) is 0.0870. The highest BCUT2D eigenvalue weighted by Crippen LogP contribution is 2.23. The van der Waals surface area contributed by atoms with E-state index in [2.05, 4.69) is 20.0 Å². The Morgan fingerprint density at radius 2 is 1.72 bits per heavy atom. The van der Waals surface area contributed by atoms with Crippen LogP contribution < -0.4 is 21.4 Å². The third kappa shape index (κ3) is 6.04. The van der Waals surface area contributed by atoms with Gasteiger partial charge in [0.15, 0.2) is 6.73 Å². The van der Waals surface area contributed by atoms with Crippen LogP contribution in [0.2, 0.25) is 5.02 Å². The molecule has 0 saturated heterocycles. The van der Waals surface area contributed by atoms with Gasteiger partial charge < -0.3 is 19.9 Å². The second kappa shape index (κ2) is 10.7. The lowest BCUT2D eigenvalue weighted by molar-refractivity contribution is 0.0610. The van der Waals surface area contributed by atoms with Gasteiger partial charge in [0, 0.05) is 16.8 Å². The highest BCUT2D eigenvalue weighted by atomic mass is 35.5. The van der Waals surface area contributed by atoms with Crippen molar-refractivity contribution in [2.24, 2.45) is 0 Å². The molecule has 4 rings (SSSR count). The maximum absolute atomic E-state index is 13.3. The van der Waals surface area contributed by atoms with Crippen molar-refractivity contribution in [2.75, 3.05) is 5.32 Å². The van der Waals surface area contributed by atoms with E-state index in [1.54, 1.807) is 48.5 Å². The SMILES string of the molecule is O=C(O)OCn1c(=O)nc(Nc2ccc(Oc3cccc(F)n3)cc2)n(Cc2ccc(Cl)cc2)c1=O. The number of pyridine rings is 1. The molecule has 2 heterocycles. The number of rotatable bonds is 8. The Balaban J connectivity index is 1.64. The normalized spacial score (nSPS) is 10.6. The molecular weight excluding hydrogens is 497 g/mol. The molecule has 0 aliphatic rings. The van der Waals surface area contributed by atoms with Gasteiger partial charge in [-0.25, -0.2) is 19.0 Å². The number of nitrogens with zero attached hydrogens (tertiary/aromatic N) is 4. The quantitative estimate of drug-likeness (QED) is 0.266. The summed E-state index contributed by atoms with van der Waals surface area (Å²) in [6.07, 6.45) is -1.65. The molecule has 0 aliphatic carbocycles. The maximum Gasteiger partial charge on any atom is 0.507 e. The van der Waals surface area contributed by atoms with Gasteiger partial charge in [-0.1, -0.05) is 29.8 Å². The van der Waals surface area contributed by atoms with Crippen molar-refractivity contribution in [1.29, 1.82) is 0 Å². The zero-order chi connectivity index (χ0) is 25.7. The van der Waals surface area contributed by atoms with Crippen LogP contribution in [-0.4, -0.2) is 30.4 Å². The molecule has 184 valence electrons. The van der Waals surface area contributed by atoms with Crippen molar-refractivity contribution in [1.82, 2.24) is 19.1 Å². The molecule has 11 nitrogen and oxygen atoms in total. The molecule has 2 aromatic carbocycles. The number of anilines is 2. The second-order valence-electron chi connectivity index (χ2n) is 7.23. The standard InChI is InChI=1S/C23H17ClFN5O6/c24-15-6-4-14(5-7-15)12-29-20(28-21(31)30(22(29)32)13-35-23(33)34)26-16-8-10-17(11-9-16)36-19-3-1-2-18(25)27-19/h1-11H,12-13H2,(H,33,34)(H,26,28,31). The zero-order valence-corrected chi connectivity index (χ0v) is 19.1. The number of ether oxygens (including phenoxy) is 2. The van der Waals surface area contributed by atoms with E-state index in [0.29, 0.717) is 26.6 Å². The largest absolute Gasteiger partial charge is 0.507 e. The Bertz CT molecular complexity index is 1510. The molecule has 4 aromatic rings. The van der Waals surface area contributed by atoms with Gasteiger partial charge in [0.1, 0.15) is 5.75 Å². The van der Waals surface area contributed by atoms with Crippen LogP contribution in [0.3, 0.4) is 0 Å². The summed E-state index contributed by atoms with van der Waals surface area (Å²) in [5.74, 6) is -0.334. The summed E-state index contributed by atoms with van der Waals surface area (Å²) in [6.45, 7) is -0.827. The lowest BCUT2D eigenvalue weighted by Crippen LogP contribution is -2.43. The van der Waals surface area contributed by atoms with E-state index in [1.807, 2.05) is 0 Å². The van der Waals surface area contributed by atoms with E-state index in [4.69, 9.17) is 21.4 Å². The van der Waals surface area contributed by atoms with Gasteiger partial charge in [-0.3, -0.25) is 4.57 Å². The number of carboxylic acid groups (broad SMARTS) is 1. The monoisotopic (exact) mass is 513 g/mol. The number of benzene rings is 2. The molecule has 13 heteroatoms. The van der Waals surface area contributed by atoms with Crippen molar-refractivity contribution < 1.29 is 23.8 Å². The summed E-state index contributed by atoms with van der Waals surface area (Å²) in [5, 5.41) is 12.1. The van der Waals surface area contributed by atoms with Crippen LogP contribution >= 0.6 is 11.6 Å². The van der Waals surface area contributed by atoms with E-state index in [-0.39, 0.29) is 18.4 Å². The predicted molar refractivity (Wildman–Crippen MR) is 126 cm³/mol. The molecule has 2 aromatic heterocycles. The van der Waals surface area contributed by atoms with Gasteiger partial charge in [-0.05, 0) is 48.0 Å². The fourth-order valence-electron chi connectivity index (χ4n) is 3.07. The summed E-state index contributed by atoms with van der Waals surface area (Å²) in [7, 11) is 0. The van der Waals surface area contributed by atoms with E-state index in [9.17, 15) is 18.8 Å². The van der Waals surface area contributed by atoms with Crippen molar-refractivity contribution in [3.63, 3.8) is 0 Å². The molecule has 0 saturated carbocycles. The molecule has 0 bridgehead atoms. The van der Waals surface area contributed by atoms with Crippen molar-refractivity contribution in [3.05, 3.63) is 104 Å². The number of halogens is 2. The highest BCUT2D eigenvalue weighted by molar-refractivity contribution is 6.30. The van der Waals surface area contributed by atoms with Crippen molar-refractivity contribution in [3.8, 4) is 11.6 Å². The zero-order valence-electron chi connectivity index (χ0n) is 18.3. The van der Waals surface area contributed by atoms with Crippen LogP contribution in [0.15, 0.2) is 76.3 Å². The fourth-order valence-corrected chi connectivity index (χ4v) is 3.20. The molecule has 0 spiro atoms. The van der Waals surface area contributed by atoms with E-state index >= 15 is 0 Å².